The Morgan fingerprint density at radius 2 is 2.00 bits per heavy atom. The summed E-state index contributed by atoms with van der Waals surface area (Å²) in [6.45, 7) is 4.23. The summed E-state index contributed by atoms with van der Waals surface area (Å²) in [6, 6.07) is 0.370. The molecule has 5 heteroatoms. The first kappa shape index (κ1) is 22.5. The van der Waals surface area contributed by atoms with Gasteiger partial charge in [0, 0.05) is 12.5 Å². The van der Waals surface area contributed by atoms with Crippen molar-refractivity contribution in [3.8, 4) is 0 Å². The van der Waals surface area contributed by atoms with Gasteiger partial charge in [-0.15, -0.1) is 11.6 Å². The summed E-state index contributed by atoms with van der Waals surface area (Å²) in [6.07, 6.45) is 14.1. The smallest absolute Gasteiger partial charge is 0.303 e. The first-order chi connectivity index (χ1) is 12.0. The molecule has 1 saturated heterocycles. The topological polar surface area (TPSA) is 60.8 Å². The van der Waals surface area contributed by atoms with E-state index in [1.165, 1.54) is 12.8 Å². The van der Waals surface area contributed by atoms with Gasteiger partial charge < -0.3 is 10.2 Å². The first-order valence-electron chi connectivity index (χ1n) is 9.97. The van der Waals surface area contributed by atoms with Crippen molar-refractivity contribution in [3.63, 3.8) is 0 Å². The molecule has 4 nitrogen and oxygen atoms in total. The van der Waals surface area contributed by atoms with Crippen molar-refractivity contribution in [3.05, 3.63) is 12.2 Å². The highest BCUT2D eigenvalue weighted by Gasteiger charge is 2.31. The largest absolute Gasteiger partial charge is 0.481 e. The summed E-state index contributed by atoms with van der Waals surface area (Å²) in [4.78, 5) is 12.9. The second-order valence-corrected chi connectivity index (χ2v) is 7.75. The molecule has 146 valence electrons. The van der Waals surface area contributed by atoms with E-state index in [1.807, 2.05) is 0 Å². The molecular weight excluding hydrogens is 338 g/mol. The fraction of sp³-hybridized carbons (Fsp3) is 0.850. The zero-order valence-corrected chi connectivity index (χ0v) is 16.5. The number of unbranched alkanes of at least 4 members (excludes halogenated alkanes) is 3. The third kappa shape index (κ3) is 10.2. The van der Waals surface area contributed by atoms with Gasteiger partial charge in [-0.05, 0) is 58.0 Å². The van der Waals surface area contributed by atoms with Crippen LogP contribution in [0.25, 0.3) is 0 Å². The number of aliphatic hydroxyl groups is 1. The Bertz CT molecular complexity index is 389. The van der Waals surface area contributed by atoms with Gasteiger partial charge >= 0.3 is 5.97 Å². The predicted octanol–water partition coefficient (Wildman–Crippen LogP) is 4.59. The van der Waals surface area contributed by atoms with Crippen LogP contribution in [0.5, 0.6) is 0 Å². The molecule has 1 unspecified atom stereocenters. The van der Waals surface area contributed by atoms with Crippen LogP contribution in [0.1, 0.15) is 77.6 Å². The van der Waals surface area contributed by atoms with Gasteiger partial charge in [-0.3, -0.25) is 9.69 Å². The van der Waals surface area contributed by atoms with E-state index in [1.54, 1.807) is 0 Å². The van der Waals surface area contributed by atoms with E-state index in [0.29, 0.717) is 12.5 Å². The van der Waals surface area contributed by atoms with Crippen molar-refractivity contribution >= 4 is 17.6 Å². The second-order valence-electron chi connectivity index (χ2n) is 7.19. The highest BCUT2D eigenvalue weighted by Crippen LogP contribution is 2.26. The maximum atomic E-state index is 10.5. The Labute approximate surface area is 158 Å². The van der Waals surface area contributed by atoms with E-state index >= 15 is 0 Å². The molecule has 0 aromatic heterocycles. The number of carboxylic acid groups (broad SMARTS) is 1. The number of hydrogen-bond acceptors (Lipinski definition) is 3. The highest BCUT2D eigenvalue weighted by atomic mass is 35.5. The minimum Gasteiger partial charge on any atom is -0.481 e. The predicted molar refractivity (Wildman–Crippen MR) is 104 cm³/mol. The summed E-state index contributed by atoms with van der Waals surface area (Å²) < 4.78 is 0. The number of alkyl halides is 1. The van der Waals surface area contributed by atoms with Crippen molar-refractivity contribution in [2.75, 3.05) is 13.1 Å². The van der Waals surface area contributed by atoms with Gasteiger partial charge in [-0.25, -0.2) is 0 Å². The minimum atomic E-state index is -0.729. The Morgan fingerprint density at radius 3 is 2.72 bits per heavy atom. The van der Waals surface area contributed by atoms with Crippen molar-refractivity contribution in [1.82, 2.24) is 4.90 Å². The zero-order chi connectivity index (χ0) is 18.5. The number of hydrogen-bond donors (Lipinski definition) is 2. The molecule has 1 fully saturated rings. The Kier molecular flexibility index (Phi) is 12.2. The van der Waals surface area contributed by atoms with Crippen LogP contribution in [0, 0.1) is 0 Å². The van der Waals surface area contributed by atoms with E-state index in [0.717, 1.165) is 58.0 Å². The van der Waals surface area contributed by atoms with Gasteiger partial charge in [-0.1, -0.05) is 38.3 Å². The minimum absolute atomic E-state index is 0.159. The molecule has 1 rings (SSSR count). The second kappa shape index (κ2) is 13.6. The van der Waals surface area contributed by atoms with Gasteiger partial charge in [-0.2, -0.15) is 0 Å². The molecule has 2 N–H and O–H groups in total. The highest BCUT2D eigenvalue weighted by molar-refractivity contribution is 6.21. The number of rotatable bonds is 14. The van der Waals surface area contributed by atoms with Crippen molar-refractivity contribution in [2.24, 2.45) is 0 Å². The summed E-state index contributed by atoms with van der Waals surface area (Å²) in [7, 11) is 0. The average Bonchev–Trinajstić information content (AvgIpc) is 2.91. The van der Waals surface area contributed by atoms with Crippen LogP contribution in [0.3, 0.4) is 0 Å². The number of carboxylic acids is 1. The number of nitrogens with zero attached hydrogens (tertiary/aromatic N) is 1. The van der Waals surface area contributed by atoms with Crippen molar-refractivity contribution in [2.45, 2.75) is 95.1 Å². The molecule has 1 aliphatic heterocycles. The Hall–Kier alpha value is -0.580. The van der Waals surface area contributed by atoms with E-state index < -0.39 is 5.97 Å². The van der Waals surface area contributed by atoms with Crippen molar-refractivity contribution in [1.29, 1.82) is 0 Å². The molecule has 0 aliphatic carbocycles. The average molecular weight is 374 g/mol. The zero-order valence-electron chi connectivity index (χ0n) is 15.7. The van der Waals surface area contributed by atoms with Crippen LogP contribution >= 0.6 is 11.6 Å². The lowest BCUT2D eigenvalue weighted by atomic mass is 10.1. The number of aliphatic hydroxyl groups excluding tert-OH is 1. The van der Waals surface area contributed by atoms with Crippen LogP contribution in [-0.2, 0) is 4.79 Å². The molecule has 0 spiro atoms. The third-order valence-corrected chi connectivity index (χ3v) is 5.52. The molecule has 1 heterocycles. The number of aliphatic carboxylic acids is 1. The van der Waals surface area contributed by atoms with Crippen LogP contribution in [0.15, 0.2) is 12.2 Å². The fourth-order valence-electron chi connectivity index (χ4n) is 3.48. The number of likely N-dealkylation sites (tertiary alicyclic amines) is 1. The molecule has 0 aromatic carbocycles. The van der Waals surface area contributed by atoms with E-state index in [-0.39, 0.29) is 17.9 Å². The van der Waals surface area contributed by atoms with Crippen LogP contribution < -0.4 is 0 Å². The van der Waals surface area contributed by atoms with E-state index in [4.69, 9.17) is 16.7 Å². The number of allylic oxidation sites excluding steroid dienone is 1. The maximum Gasteiger partial charge on any atom is 0.303 e. The summed E-state index contributed by atoms with van der Waals surface area (Å²) in [5.41, 5.74) is 0. The third-order valence-electron chi connectivity index (χ3n) is 5.01. The quantitative estimate of drug-likeness (QED) is 0.265. The van der Waals surface area contributed by atoms with Gasteiger partial charge in [0.05, 0.1) is 11.5 Å². The summed E-state index contributed by atoms with van der Waals surface area (Å²) in [5, 5.41) is 18.9. The molecule has 0 amide bonds. The van der Waals surface area contributed by atoms with E-state index in [9.17, 15) is 9.90 Å². The van der Waals surface area contributed by atoms with E-state index in [2.05, 4.69) is 24.0 Å². The molecule has 0 radical (unpaired) electrons. The Morgan fingerprint density at radius 1 is 1.24 bits per heavy atom. The van der Waals surface area contributed by atoms with Crippen LogP contribution in [0.2, 0.25) is 0 Å². The SMILES string of the molecule is CCCCCC(O)CCCN1CC[C@@H](Cl)[C@H]1CC=CCCCC(=O)O. The first-order valence-corrected chi connectivity index (χ1v) is 10.4. The number of carbonyl (C=O) groups is 1. The lowest BCUT2D eigenvalue weighted by molar-refractivity contribution is -0.137. The van der Waals surface area contributed by atoms with Gasteiger partial charge in [0.2, 0.25) is 0 Å². The molecule has 0 saturated carbocycles. The fourth-order valence-corrected chi connectivity index (χ4v) is 3.84. The summed E-state index contributed by atoms with van der Waals surface area (Å²) in [5.74, 6) is -0.729. The molecular formula is C20H36ClNO3. The van der Waals surface area contributed by atoms with Crippen molar-refractivity contribution < 1.29 is 15.0 Å². The maximum absolute atomic E-state index is 10.5. The van der Waals surface area contributed by atoms with Gasteiger partial charge in [0.15, 0.2) is 0 Å². The monoisotopic (exact) mass is 373 g/mol. The molecule has 25 heavy (non-hydrogen) atoms. The Balaban J connectivity index is 2.21. The lowest BCUT2D eigenvalue weighted by Crippen LogP contribution is -2.34. The standard InChI is InChI=1S/C20H36ClNO3/c1-2-3-6-10-17(23)11-9-15-22-16-14-18(21)19(22)12-7-4-5-8-13-20(24)25/h4,7,17-19,23H,2-3,5-6,8-16H2,1H3,(H,24,25)/t17?,18-,19-/m1/s1. The molecule has 3 atom stereocenters. The number of halogens is 1. The normalized spacial score (nSPS) is 22.7. The van der Waals surface area contributed by atoms with Gasteiger partial charge in [0.1, 0.15) is 0 Å². The molecule has 1 aliphatic rings. The van der Waals surface area contributed by atoms with Crippen LogP contribution in [-0.4, -0.2) is 51.7 Å². The lowest BCUT2D eigenvalue weighted by Gasteiger charge is -2.25. The molecule has 0 bridgehead atoms. The van der Waals surface area contributed by atoms with Crippen LogP contribution in [0.4, 0.5) is 0 Å². The van der Waals surface area contributed by atoms with Gasteiger partial charge in [0.25, 0.3) is 0 Å². The molecule has 0 aromatic rings. The summed E-state index contributed by atoms with van der Waals surface area (Å²) >= 11 is 6.48.